The lowest BCUT2D eigenvalue weighted by Crippen LogP contribution is -2.36. The van der Waals surface area contributed by atoms with Crippen molar-refractivity contribution in [1.82, 2.24) is 20.4 Å². The molecule has 0 saturated carbocycles. The van der Waals surface area contributed by atoms with E-state index in [0.717, 1.165) is 31.6 Å². The van der Waals surface area contributed by atoms with Crippen LogP contribution in [0.25, 0.3) is 11.5 Å². The van der Waals surface area contributed by atoms with Crippen molar-refractivity contribution in [1.29, 1.82) is 0 Å². The van der Waals surface area contributed by atoms with E-state index >= 15 is 0 Å². The minimum absolute atomic E-state index is 0.274. The third-order valence-electron chi connectivity index (χ3n) is 3.85. The van der Waals surface area contributed by atoms with Crippen LogP contribution in [0.5, 0.6) is 0 Å². The Morgan fingerprint density at radius 3 is 2.81 bits per heavy atom. The van der Waals surface area contributed by atoms with E-state index in [4.69, 9.17) is 4.42 Å². The smallest absolute Gasteiger partial charge is 0.247 e. The molecule has 1 aliphatic rings. The zero-order valence-electron chi connectivity index (χ0n) is 12.1. The van der Waals surface area contributed by atoms with E-state index in [1.54, 1.807) is 12.1 Å². The van der Waals surface area contributed by atoms with Crippen LogP contribution in [-0.4, -0.2) is 40.8 Å². The average Bonchev–Trinajstić information content (AvgIpc) is 3.17. The van der Waals surface area contributed by atoms with Gasteiger partial charge in [0.25, 0.3) is 0 Å². The van der Waals surface area contributed by atoms with Gasteiger partial charge in [-0.05, 0) is 43.8 Å². The van der Waals surface area contributed by atoms with E-state index in [-0.39, 0.29) is 5.82 Å². The number of nitrogens with zero attached hydrogens (tertiary/aromatic N) is 3. The predicted molar refractivity (Wildman–Crippen MR) is 77.1 cm³/mol. The van der Waals surface area contributed by atoms with Crippen LogP contribution >= 0.6 is 0 Å². The van der Waals surface area contributed by atoms with E-state index in [2.05, 4.69) is 27.3 Å². The van der Waals surface area contributed by atoms with Crippen LogP contribution < -0.4 is 5.32 Å². The Morgan fingerprint density at radius 1 is 1.33 bits per heavy atom. The maximum absolute atomic E-state index is 12.9. The summed E-state index contributed by atoms with van der Waals surface area (Å²) < 4.78 is 18.6. The van der Waals surface area contributed by atoms with E-state index in [0.29, 0.717) is 24.4 Å². The molecule has 1 aliphatic heterocycles. The normalized spacial score (nSPS) is 18.5. The van der Waals surface area contributed by atoms with Crippen LogP contribution in [0.3, 0.4) is 0 Å². The number of rotatable bonds is 5. The van der Waals surface area contributed by atoms with Gasteiger partial charge in [-0.1, -0.05) is 6.92 Å². The van der Waals surface area contributed by atoms with Crippen molar-refractivity contribution in [2.75, 3.05) is 19.6 Å². The van der Waals surface area contributed by atoms with Crippen molar-refractivity contribution in [3.8, 4) is 11.5 Å². The Labute approximate surface area is 123 Å². The lowest BCUT2D eigenvalue weighted by Gasteiger charge is -2.24. The molecule has 2 heterocycles. The summed E-state index contributed by atoms with van der Waals surface area (Å²) in [5.74, 6) is 0.762. The summed E-state index contributed by atoms with van der Waals surface area (Å²) in [6, 6.07) is 6.59. The van der Waals surface area contributed by atoms with Gasteiger partial charge in [0.05, 0.1) is 6.54 Å². The topological polar surface area (TPSA) is 54.2 Å². The van der Waals surface area contributed by atoms with Crippen LogP contribution in [0, 0.1) is 5.82 Å². The van der Waals surface area contributed by atoms with Gasteiger partial charge in [-0.2, -0.15) is 0 Å². The molecule has 0 radical (unpaired) electrons. The molecule has 1 aromatic carbocycles. The Hall–Kier alpha value is -1.79. The molecule has 0 aliphatic carbocycles. The first kappa shape index (κ1) is 14.2. The maximum Gasteiger partial charge on any atom is 0.247 e. The summed E-state index contributed by atoms with van der Waals surface area (Å²) in [4.78, 5) is 2.34. The van der Waals surface area contributed by atoms with Gasteiger partial charge in [0.1, 0.15) is 5.82 Å². The Kier molecular flexibility index (Phi) is 4.26. The molecule has 6 heteroatoms. The predicted octanol–water partition coefficient (Wildman–Crippen LogP) is 2.06. The second kappa shape index (κ2) is 6.32. The third kappa shape index (κ3) is 3.28. The quantitative estimate of drug-likeness (QED) is 0.913. The van der Waals surface area contributed by atoms with Gasteiger partial charge in [-0.15, -0.1) is 10.2 Å². The molecule has 1 aromatic heterocycles. The van der Waals surface area contributed by atoms with Crippen molar-refractivity contribution < 1.29 is 8.81 Å². The molecule has 1 unspecified atom stereocenters. The van der Waals surface area contributed by atoms with Gasteiger partial charge in [0.15, 0.2) is 0 Å². The summed E-state index contributed by atoms with van der Waals surface area (Å²) in [7, 11) is 0. The fraction of sp³-hybridized carbons (Fsp3) is 0.467. The van der Waals surface area contributed by atoms with Crippen LogP contribution in [0.15, 0.2) is 28.7 Å². The standard InChI is InChI=1S/C15H19FN4O/c1-2-20(13-7-8-17-9-13)10-14-18-19-15(21-14)11-3-5-12(16)6-4-11/h3-6,13,17H,2,7-10H2,1H3. The molecular weight excluding hydrogens is 271 g/mol. The minimum atomic E-state index is -0.274. The molecule has 1 fully saturated rings. The summed E-state index contributed by atoms with van der Waals surface area (Å²) in [5.41, 5.74) is 0.737. The number of halogens is 1. The number of nitrogens with one attached hydrogen (secondary N) is 1. The van der Waals surface area contributed by atoms with E-state index < -0.39 is 0 Å². The first-order valence-corrected chi connectivity index (χ1v) is 7.29. The van der Waals surface area contributed by atoms with Gasteiger partial charge in [-0.3, -0.25) is 4.90 Å². The van der Waals surface area contributed by atoms with Gasteiger partial charge in [-0.25, -0.2) is 4.39 Å². The van der Waals surface area contributed by atoms with Crippen molar-refractivity contribution in [2.24, 2.45) is 0 Å². The number of likely N-dealkylation sites (N-methyl/N-ethyl adjacent to an activating group) is 1. The van der Waals surface area contributed by atoms with Crippen molar-refractivity contribution in [3.05, 3.63) is 36.0 Å². The van der Waals surface area contributed by atoms with Gasteiger partial charge >= 0.3 is 0 Å². The van der Waals surface area contributed by atoms with Gasteiger partial charge < -0.3 is 9.73 Å². The fourth-order valence-corrected chi connectivity index (χ4v) is 2.65. The Morgan fingerprint density at radius 2 is 2.14 bits per heavy atom. The number of aromatic nitrogens is 2. The second-order valence-corrected chi connectivity index (χ2v) is 5.22. The minimum Gasteiger partial charge on any atom is -0.419 e. The van der Waals surface area contributed by atoms with Crippen LogP contribution in [0.2, 0.25) is 0 Å². The van der Waals surface area contributed by atoms with Gasteiger partial charge in [0.2, 0.25) is 11.8 Å². The summed E-state index contributed by atoms with van der Waals surface area (Å²) >= 11 is 0. The lowest BCUT2D eigenvalue weighted by atomic mass is 10.2. The molecule has 1 atom stereocenters. The highest BCUT2D eigenvalue weighted by Crippen LogP contribution is 2.19. The van der Waals surface area contributed by atoms with E-state index in [1.807, 2.05) is 0 Å². The maximum atomic E-state index is 12.9. The van der Waals surface area contributed by atoms with Crippen molar-refractivity contribution in [3.63, 3.8) is 0 Å². The molecular formula is C15H19FN4O. The van der Waals surface area contributed by atoms with Crippen LogP contribution in [0.4, 0.5) is 4.39 Å². The summed E-state index contributed by atoms with van der Waals surface area (Å²) in [5, 5.41) is 11.5. The molecule has 112 valence electrons. The molecule has 1 saturated heterocycles. The average molecular weight is 290 g/mol. The lowest BCUT2D eigenvalue weighted by molar-refractivity contribution is 0.191. The van der Waals surface area contributed by atoms with Gasteiger partial charge in [0, 0.05) is 18.2 Å². The molecule has 3 rings (SSSR count). The molecule has 0 amide bonds. The molecule has 0 spiro atoms. The molecule has 2 aromatic rings. The Balaban J connectivity index is 1.70. The number of hydrogen-bond acceptors (Lipinski definition) is 5. The van der Waals surface area contributed by atoms with Crippen LogP contribution in [-0.2, 0) is 6.54 Å². The number of hydrogen-bond donors (Lipinski definition) is 1. The number of benzene rings is 1. The zero-order valence-corrected chi connectivity index (χ0v) is 12.1. The molecule has 21 heavy (non-hydrogen) atoms. The second-order valence-electron chi connectivity index (χ2n) is 5.22. The molecule has 1 N–H and O–H groups in total. The highest BCUT2D eigenvalue weighted by atomic mass is 19.1. The monoisotopic (exact) mass is 290 g/mol. The van der Waals surface area contributed by atoms with Crippen molar-refractivity contribution >= 4 is 0 Å². The first-order valence-electron chi connectivity index (χ1n) is 7.29. The SMILES string of the molecule is CCN(Cc1nnc(-c2ccc(F)cc2)o1)C1CCNC1. The molecule has 0 bridgehead atoms. The highest BCUT2D eigenvalue weighted by Gasteiger charge is 2.22. The highest BCUT2D eigenvalue weighted by molar-refractivity contribution is 5.51. The molecule has 5 nitrogen and oxygen atoms in total. The third-order valence-corrected chi connectivity index (χ3v) is 3.85. The summed E-state index contributed by atoms with van der Waals surface area (Å²) in [6.45, 7) is 5.80. The van der Waals surface area contributed by atoms with Crippen LogP contribution in [0.1, 0.15) is 19.2 Å². The zero-order chi connectivity index (χ0) is 14.7. The van der Waals surface area contributed by atoms with Crippen molar-refractivity contribution in [2.45, 2.75) is 25.9 Å². The fourth-order valence-electron chi connectivity index (χ4n) is 2.65. The summed E-state index contributed by atoms with van der Waals surface area (Å²) in [6.07, 6.45) is 1.15. The first-order chi connectivity index (χ1) is 10.3. The van der Waals surface area contributed by atoms with E-state index in [1.165, 1.54) is 12.1 Å². The Bertz CT molecular complexity index is 578. The van der Waals surface area contributed by atoms with E-state index in [9.17, 15) is 4.39 Å². The largest absolute Gasteiger partial charge is 0.419 e.